The Hall–Kier alpha value is -2.19. The van der Waals surface area contributed by atoms with Gasteiger partial charge in [-0.05, 0) is 5.56 Å². The standard InChI is InChI=1S/C13H14N4O/c14-8-12(11-4-2-1-3-5-11)9-15-7-6-13-16-10-17-18-13/h1-5,10,12,15H,6-7,9H2. The van der Waals surface area contributed by atoms with E-state index < -0.39 is 0 Å². The molecule has 0 fully saturated rings. The lowest BCUT2D eigenvalue weighted by molar-refractivity contribution is 0.375. The minimum absolute atomic E-state index is 0.131. The summed E-state index contributed by atoms with van der Waals surface area (Å²) >= 11 is 0. The molecule has 0 bridgehead atoms. The second kappa shape index (κ2) is 6.52. The van der Waals surface area contributed by atoms with Crippen molar-refractivity contribution in [2.75, 3.05) is 13.1 Å². The summed E-state index contributed by atoms with van der Waals surface area (Å²) in [4.78, 5) is 3.93. The number of hydrogen-bond acceptors (Lipinski definition) is 5. The highest BCUT2D eigenvalue weighted by Gasteiger charge is 2.09. The van der Waals surface area contributed by atoms with Crippen LogP contribution in [0.5, 0.6) is 0 Å². The van der Waals surface area contributed by atoms with Crippen molar-refractivity contribution in [3.63, 3.8) is 0 Å². The molecule has 1 N–H and O–H groups in total. The number of rotatable bonds is 6. The molecule has 18 heavy (non-hydrogen) atoms. The second-order valence-corrected chi connectivity index (χ2v) is 3.88. The third-order valence-corrected chi connectivity index (χ3v) is 2.63. The zero-order valence-corrected chi connectivity index (χ0v) is 9.91. The van der Waals surface area contributed by atoms with Gasteiger partial charge in [-0.1, -0.05) is 35.5 Å². The molecule has 0 saturated carbocycles. The third kappa shape index (κ3) is 3.40. The van der Waals surface area contributed by atoms with Crippen LogP contribution >= 0.6 is 0 Å². The molecule has 1 unspecified atom stereocenters. The van der Waals surface area contributed by atoms with Gasteiger partial charge >= 0.3 is 0 Å². The van der Waals surface area contributed by atoms with E-state index >= 15 is 0 Å². The summed E-state index contributed by atoms with van der Waals surface area (Å²) in [6.07, 6.45) is 2.06. The van der Waals surface area contributed by atoms with Crippen molar-refractivity contribution < 1.29 is 4.52 Å². The molecule has 1 atom stereocenters. The van der Waals surface area contributed by atoms with E-state index in [2.05, 4.69) is 21.5 Å². The normalized spacial score (nSPS) is 11.9. The summed E-state index contributed by atoms with van der Waals surface area (Å²) in [7, 11) is 0. The lowest BCUT2D eigenvalue weighted by Crippen LogP contribution is -2.23. The van der Waals surface area contributed by atoms with Crippen LogP contribution < -0.4 is 5.32 Å². The summed E-state index contributed by atoms with van der Waals surface area (Å²) in [5, 5.41) is 15.9. The van der Waals surface area contributed by atoms with E-state index in [0.29, 0.717) is 25.4 Å². The van der Waals surface area contributed by atoms with Crippen LogP contribution in [0.15, 0.2) is 41.2 Å². The van der Waals surface area contributed by atoms with Crippen molar-refractivity contribution in [2.24, 2.45) is 0 Å². The lowest BCUT2D eigenvalue weighted by Gasteiger charge is -2.09. The molecule has 0 amide bonds. The molecule has 0 spiro atoms. The molecule has 1 aromatic carbocycles. The topological polar surface area (TPSA) is 74.7 Å². The molecule has 0 saturated heterocycles. The van der Waals surface area contributed by atoms with E-state index in [1.807, 2.05) is 30.3 Å². The van der Waals surface area contributed by atoms with Crippen LogP contribution in [0.25, 0.3) is 0 Å². The number of benzene rings is 1. The first-order valence-electron chi connectivity index (χ1n) is 5.81. The summed E-state index contributed by atoms with van der Waals surface area (Å²) in [6, 6.07) is 12.1. The quantitative estimate of drug-likeness (QED) is 0.777. The van der Waals surface area contributed by atoms with Gasteiger partial charge in [0, 0.05) is 19.5 Å². The zero-order chi connectivity index (χ0) is 12.6. The van der Waals surface area contributed by atoms with Crippen molar-refractivity contribution in [2.45, 2.75) is 12.3 Å². The minimum atomic E-state index is -0.131. The Balaban J connectivity index is 1.77. The molecule has 1 aromatic heterocycles. The van der Waals surface area contributed by atoms with Gasteiger partial charge in [0.2, 0.25) is 5.89 Å². The fraction of sp³-hybridized carbons (Fsp3) is 0.308. The van der Waals surface area contributed by atoms with Crippen LogP contribution in [0.3, 0.4) is 0 Å². The highest BCUT2D eigenvalue weighted by molar-refractivity contribution is 5.24. The molecule has 0 radical (unpaired) electrons. The van der Waals surface area contributed by atoms with Gasteiger partial charge in [-0.15, -0.1) is 0 Å². The van der Waals surface area contributed by atoms with E-state index in [0.717, 1.165) is 5.56 Å². The number of aromatic nitrogens is 2. The van der Waals surface area contributed by atoms with E-state index in [-0.39, 0.29) is 5.92 Å². The summed E-state index contributed by atoms with van der Waals surface area (Å²) < 4.78 is 4.89. The van der Waals surface area contributed by atoms with E-state index in [9.17, 15) is 0 Å². The van der Waals surface area contributed by atoms with Gasteiger partial charge in [0.1, 0.15) is 0 Å². The van der Waals surface area contributed by atoms with Crippen molar-refractivity contribution in [1.29, 1.82) is 5.26 Å². The van der Waals surface area contributed by atoms with Gasteiger partial charge in [0.05, 0.1) is 12.0 Å². The molecular formula is C13H14N4O. The lowest BCUT2D eigenvalue weighted by atomic mass is 10.0. The average Bonchev–Trinajstić information content (AvgIpc) is 2.93. The molecule has 2 rings (SSSR count). The first-order chi connectivity index (χ1) is 8.90. The Morgan fingerprint density at radius 3 is 2.83 bits per heavy atom. The second-order valence-electron chi connectivity index (χ2n) is 3.88. The van der Waals surface area contributed by atoms with Crippen LogP contribution in [-0.2, 0) is 6.42 Å². The molecule has 92 valence electrons. The third-order valence-electron chi connectivity index (χ3n) is 2.63. The predicted octanol–water partition coefficient (Wildman–Crippen LogP) is 1.51. The van der Waals surface area contributed by atoms with Gasteiger partial charge in [-0.3, -0.25) is 0 Å². The van der Waals surface area contributed by atoms with Gasteiger partial charge in [-0.25, -0.2) is 0 Å². The Bertz CT molecular complexity index is 489. The predicted molar refractivity (Wildman–Crippen MR) is 65.7 cm³/mol. The highest BCUT2D eigenvalue weighted by Crippen LogP contribution is 2.12. The molecule has 0 aliphatic heterocycles. The highest BCUT2D eigenvalue weighted by atomic mass is 16.5. The van der Waals surface area contributed by atoms with Crippen LogP contribution in [0, 0.1) is 11.3 Å². The van der Waals surface area contributed by atoms with E-state index in [1.54, 1.807) is 0 Å². The Morgan fingerprint density at radius 2 is 2.17 bits per heavy atom. The van der Waals surface area contributed by atoms with Crippen molar-refractivity contribution in [3.05, 3.63) is 48.1 Å². The SMILES string of the molecule is N#CC(CNCCc1ncno1)c1ccccc1. The molecule has 5 heteroatoms. The van der Waals surface area contributed by atoms with Gasteiger partial charge in [0.25, 0.3) is 0 Å². The van der Waals surface area contributed by atoms with Crippen molar-refractivity contribution in [1.82, 2.24) is 15.5 Å². The molecular weight excluding hydrogens is 228 g/mol. The molecule has 5 nitrogen and oxygen atoms in total. The van der Waals surface area contributed by atoms with Gasteiger partial charge in [0.15, 0.2) is 6.33 Å². The van der Waals surface area contributed by atoms with Crippen LogP contribution in [0.2, 0.25) is 0 Å². The number of hydrogen-bond donors (Lipinski definition) is 1. The van der Waals surface area contributed by atoms with Crippen LogP contribution in [-0.4, -0.2) is 23.2 Å². The Kier molecular flexibility index (Phi) is 4.45. The van der Waals surface area contributed by atoms with Crippen molar-refractivity contribution >= 4 is 0 Å². The summed E-state index contributed by atoms with van der Waals surface area (Å²) in [5.74, 6) is 0.476. The van der Waals surface area contributed by atoms with E-state index in [1.165, 1.54) is 6.33 Å². The zero-order valence-electron chi connectivity index (χ0n) is 9.91. The molecule has 1 heterocycles. The van der Waals surface area contributed by atoms with Crippen molar-refractivity contribution in [3.8, 4) is 6.07 Å². The maximum Gasteiger partial charge on any atom is 0.227 e. The largest absolute Gasteiger partial charge is 0.340 e. The maximum absolute atomic E-state index is 9.13. The van der Waals surface area contributed by atoms with Crippen LogP contribution in [0.1, 0.15) is 17.4 Å². The first kappa shape index (κ1) is 12.3. The first-order valence-corrected chi connectivity index (χ1v) is 5.81. The fourth-order valence-corrected chi connectivity index (χ4v) is 1.67. The van der Waals surface area contributed by atoms with E-state index in [4.69, 9.17) is 9.78 Å². The minimum Gasteiger partial charge on any atom is -0.340 e. The Morgan fingerprint density at radius 1 is 1.33 bits per heavy atom. The number of nitriles is 1. The monoisotopic (exact) mass is 242 g/mol. The smallest absolute Gasteiger partial charge is 0.227 e. The maximum atomic E-state index is 9.13. The molecule has 2 aromatic rings. The fourth-order valence-electron chi connectivity index (χ4n) is 1.67. The summed E-state index contributed by atoms with van der Waals surface area (Å²) in [5.41, 5.74) is 1.03. The van der Waals surface area contributed by atoms with Crippen LogP contribution in [0.4, 0.5) is 0 Å². The Labute approximate surface area is 105 Å². The summed E-state index contributed by atoms with van der Waals surface area (Å²) in [6.45, 7) is 1.34. The van der Waals surface area contributed by atoms with Gasteiger partial charge < -0.3 is 9.84 Å². The number of nitrogens with one attached hydrogen (secondary N) is 1. The molecule has 0 aliphatic carbocycles. The molecule has 0 aliphatic rings. The van der Waals surface area contributed by atoms with Gasteiger partial charge in [-0.2, -0.15) is 10.2 Å². The average molecular weight is 242 g/mol. The number of nitrogens with zero attached hydrogens (tertiary/aromatic N) is 3.